The van der Waals surface area contributed by atoms with Crippen molar-refractivity contribution in [3.63, 3.8) is 0 Å². The van der Waals surface area contributed by atoms with Crippen LogP contribution in [0.25, 0.3) is 23.1 Å². The highest BCUT2D eigenvalue weighted by Crippen LogP contribution is 2.21. The summed E-state index contributed by atoms with van der Waals surface area (Å²) in [7, 11) is 0. The van der Waals surface area contributed by atoms with E-state index in [1.165, 1.54) is 12.1 Å². The molecule has 0 bridgehead atoms. The van der Waals surface area contributed by atoms with Crippen molar-refractivity contribution in [1.29, 1.82) is 0 Å². The van der Waals surface area contributed by atoms with Crippen LogP contribution in [0.3, 0.4) is 0 Å². The summed E-state index contributed by atoms with van der Waals surface area (Å²) in [5.41, 5.74) is 1.81. The monoisotopic (exact) mass is 392 g/mol. The summed E-state index contributed by atoms with van der Waals surface area (Å²) in [6, 6.07) is 14.4. The quantitative estimate of drug-likeness (QED) is 0.614. The number of nitrogens with one attached hydrogen (secondary N) is 1. The summed E-state index contributed by atoms with van der Waals surface area (Å²) in [6.07, 6.45) is 4.80. The number of ether oxygens (including phenoxy) is 1. The molecule has 2 aromatic carbocycles. The Morgan fingerprint density at radius 2 is 1.79 bits per heavy atom. The number of halogens is 1. The van der Waals surface area contributed by atoms with Gasteiger partial charge in [0.15, 0.2) is 5.82 Å². The first kappa shape index (κ1) is 19.5. The minimum atomic E-state index is -0.243. The largest absolute Gasteiger partial charge is 0.379 e. The number of fused-ring (bicyclic) bond motifs is 1. The van der Waals surface area contributed by atoms with Gasteiger partial charge in [0.05, 0.1) is 18.7 Å². The van der Waals surface area contributed by atoms with E-state index in [1.54, 1.807) is 12.1 Å². The predicted octanol–water partition coefficient (Wildman–Crippen LogP) is 4.07. The lowest BCUT2D eigenvalue weighted by atomic mass is 10.2. The molecule has 2 heterocycles. The van der Waals surface area contributed by atoms with E-state index in [2.05, 4.69) is 15.2 Å². The Balaban J connectivity index is 1.46. The maximum atomic E-state index is 13.1. The van der Waals surface area contributed by atoms with Gasteiger partial charge in [-0.2, -0.15) is 0 Å². The van der Waals surface area contributed by atoms with Crippen LogP contribution in [0.2, 0.25) is 0 Å². The lowest BCUT2D eigenvalue weighted by Gasteiger charge is -2.26. The van der Waals surface area contributed by atoms with Crippen LogP contribution in [-0.2, 0) is 4.74 Å². The number of rotatable bonds is 7. The molecule has 29 heavy (non-hydrogen) atoms. The molecule has 0 saturated carbocycles. The molecule has 0 radical (unpaired) electrons. The van der Waals surface area contributed by atoms with Gasteiger partial charge >= 0.3 is 0 Å². The van der Waals surface area contributed by atoms with Crippen molar-refractivity contribution in [2.24, 2.45) is 0 Å². The highest BCUT2D eigenvalue weighted by molar-refractivity contribution is 5.90. The van der Waals surface area contributed by atoms with Crippen molar-refractivity contribution < 1.29 is 9.13 Å². The number of morpholine rings is 1. The molecule has 1 aliphatic rings. The highest BCUT2D eigenvalue weighted by Gasteiger charge is 2.10. The summed E-state index contributed by atoms with van der Waals surface area (Å²) in [5, 5.41) is 4.49. The van der Waals surface area contributed by atoms with E-state index in [4.69, 9.17) is 9.72 Å². The van der Waals surface area contributed by atoms with Gasteiger partial charge in [-0.15, -0.1) is 0 Å². The molecular formula is C23H25FN4O. The lowest BCUT2D eigenvalue weighted by Crippen LogP contribution is -2.37. The van der Waals surface area contributed by atoms with Gasteiger partial charge in [0, 0.05) is 25.0 Å². The van der Waals surface area contributed by atoms with Gasteiger partial charge in [0.1, 0.15) is 11.6 Å². The van der Waals surface area contributed by atoms with Crippen LogP contribution in [0.1, 0.15) is 17.8 Å². The zero-order chi connectivity index (χ0) is 19.9. The summed E-state index contributed by atoms with van der Waals surface area (Å²) in [5.74, 6) is 1.23. The fourth-order valence-electron chi connectivity index (χ4n) is 3.38. The molecule has 1 N–H and O–H groups in total. The number of hydrogen-bond donors (Lipinski definition) is 1. The average Bonchev–Trinajstić information content (AvgIpc) is 2.77. The number of hydrogen-bond acceptors (Lipinski definition) is 5. The lowest BCUT2D eigenvalue weighted by molar-refractivity contribution is 0.0378. The van der Waals surface area contributed by atoms with Gasteiger partial charge < -0.3 is 10.1 Å². The molecule has 0 aliphatic carbocycles. The second-order valence-electron chi connectivity index (χ2n) is 7.07. The summed E-state index contributed by atoms with van der Waals surface area (Å²) >= 11 is 0. The van der Waals surface area contributed by atoms with Gasteiger partial charge in [-0.25, -0.2) is 14.4 Å². The molecule has 3 aromatic rings. The Morgan fingerprint density at radius 3 is 2.62 bits per heavy atom. The van der Waals surface area contributed by atoms with Crippen LogP contribution < -0.4 is 5.32 Å². The molecule has 1 aromatic heterocycles. The molecule has 0 amide bonds. The Morgan fingerprint density at radius 1 is 1.00 bits per heavy atom. The van der Waals surface area contributed by atoms with E-state index in [-0.39, 0.29) is 5.82 Å². The number of nitrogens with zero attached hydrogens (tertiary/aromatic N) is 3. The van der Waals surface area contributed by atoms with Crippen molar-refractivity contribution in [3.05, 3.63) is 65.7 Å². The zero-order valence-corrected chi connectivity index (χ0v) is 16.4. The molecule has 0 spiro atoms. The summed E-state index contributed by atoms with van der Waals surface area (Å²) in [6.45, 7) is 5.57. The molecule has 1 fully saturated rings. The van der Waals surface area contributed by atoms with Crippen molar-refractivity contribution in [1.82, 2.24) is 14.9 Å². The molecule has 0 unspecified atom stereocenters. The van der Waals surface area contributed by atoms with Crippen molar-refractivity contribution in [2.45, 2.75) is 6.42 Å². The maximum Gasteiger partial charge on any atom is 0.154 e. The summed E-state index contributed by atoms with van der Waals surface area (Å²) < 4.78 is 18.5. The topological polar surface area (TPSA) is 50.3 Å². The minimum absolute atomic E-state index is 0.243. The van der Waals surface area contributed by atoms with E-state index in [0.717, 1.165) is 68.1 Å². The van der Waals surface area contributed by atoms with Gasteiger partial charge in [-0.05, 0) is 48.9 Å². The molecule has 0 atom stereocenters. The molecule has 6 heteroatoms. The van der Waals surface area contributed by atoms with Gasteiger partial charge in [-0.1, -0.05) is 30.3 Å². The molecule has 150 valence electrons. The van der Waals surface area contributed by atoms with Crippen LogP contribution in [0, 0.1) is 5.82 Å². The van der Waals surface area contributed by atoms with E-state index in [9.17, 15) is 4.39 Å². The Labute approximate surface area is 170 Å². The Kier molecular flexibility index (Phi) is 6.44. The molecule has 5 nitrogen and oxygen atoms in total. The van der Waals surface area contributed by atoms with Crippen LogP contribution in [0.4, 0.5) is 10.2 Å². The van der Waals surface area contributed by atoms with Crippen LogP contribution in [0.15, 0.2) is 48.5 Å². The van der Waals surface area contributed by atoms with Crippen LogP contribution >= 0.6 is 0 Å². The Bertz CT molecular complexity index is 968. The number of aromatic nitrogens is 2. The van der Waals surface area contributed by atoms with E-state index in [0.29, 0.717) is 5.82 Å². The normalized spacial score (nSPS) is 15.2. The second-order valence-corrected chi connectivity index (χ2v) is 7.07. The smallest absolute Gasteiger partial charge is 0.154 e. The van der Waals surface area contributed by atoms with Crippen molar-refractivity contribution in [3.8, 4) is 0 Å². The first-order valence-corrected chi connectivity index (χ1v) is 10.0. The van der Waals surface area contributed by atoms with E-state index >= 15 is 0 Å². The summed E-state index contributed by atoms with van der Waals surface area (Å²) in [4.78, 5) is 11.8. The van der Waals surface area contributed by atoms with Crippen LogP contribution in [-0.4, -0.2) is 54.3 Å². The van der Waals surface area contributed by atoms with Crippen LogP contribution in [0.5, 0.6) is 0 Å². The third-order valence-electron chi connectivity index (χ3n) is 4.96. The third-order valence-corrected chi connectivity index (χ3v) is 4.96. The zero-order valence-electron chi connectivity index (χ0n) is 16.4. The number of para-hydroxylation sites is 1. The molecule has 1 aliphatic heterocycles. The second kappa shape index (κ2) is 9.58. The first-order valence-electron chi connectivity index (χ1n) is 10.0. The van der Waals surface area contributed by atoms with E-state index < -0.39 is 0 Å². The van der Waals surface area contributed by atoms with Crippen molar-refractivity contribution in [2.75, 3.05) is 44.7 Å². The van der Waals surface area contributed by atoms with Crippen molar-refractivity contribution >= 4 is 28.9 Å². The fourth-order valence-corrected chi connectivity index (χ4v) is 3.38. The SMILES string of the molecule is Fc1ccc(/C=C/c2nc(NCCCN3CCOCC3)c3ccccc3n2)cc1. The third kappa shape index (κ3) is 5.37. The van der Waals surface area contributed by atoms with Gasteiger partial charge in [0.25, 0.3) is 0 Å². The first-order chi connectivity index (χ1) is 14.3. The molecular weight excluding hydrogens is 367 g/mol. The number of benzene rings is 2. The number of anilines is 1. The molecule has 1 saturated heterocycles. The Hall–Kier alpha value is -2.83. The molecule has 4 rings (SSSR count). The van der Waals surface area contributed by atoms with E-state index in [1.807, 2.05) is 36.4 Å². The minimum Gasteiger partial charge on any atom is -0.379 e. The average molecular weight is 392 g/mol. The fraction of sp³-hybridized carbons (Fsp3) is 0.304. The highest BCUT2D eigenvalue weighted by atomic mass is 19.1. The van der Waals surface area contributed by atoms with Gasteiger partial charge in [-0.3, -0.25) is 4.90 Å². The van der Waals surface area contributed by atoms with Gasteiger partial charge in [0.2, 0.25) is 0 Å². The maximum absolute atomic E-state index is 13.1. The predicted molar refractivity (Wildman–Crippen MR) is 115 cm³/mol. The standard InChI is InChI=1S/C23H25FN4O/c24-19-9-6-18(7-10-19)8-11-22-26-21-5-2-1-4-20(21)23(27-22)25-12-3-13-28-14-16-29-17-15-28/h1-2,4-11H,3,12-17H2,(H,25,26,27)/b11-8+.